The van der Waals surface area contributed by atoms with Gasteiger partial charge in [0, 0.05) is 12.8 Å². The molecule has 0 aliphatic rings. The molecule has 0 aromatic carbocycles. The largest absolute Gasteiger partial charge is 0.477 e. The van der Waals surface area contributed by atoms with Crippen LogP contribution in [0.2, 0.25) is 0 Å². The molecule has 95 heavy (non-hydrogen) atoms. The maximum absolute atomic E-state index is 13.0. The van der Waals surface area contributed by atoms with Crippen LogP contribution in [-0.4, -0.2) is 87.4 Å². The highest BCUT2D eigenvalue weighted by atomic mass is 16.7. The molecule has 0 amide bonds. The van der Waals surface area contributed by atoms with E-state index in [9.17, 15) is 19.5 Å². The maximum atomic E-state index is 13.0. The molecule has 0 aromatic rings. The molecule has 2 unspecified atom stereocenters. The number of esters is 2. The average Bonchev–Trinajstić information content (AvgIpc) is 3.54. The van der Waals surface area contributed by atoms with E-state index in [4.69, 9.17) is 18.9 Å². The normalized spacial score (nSPS) is 13.9. The lowest BCUT2D eigenvalue weighted by Gasteiger charge is -2.25. The number of carboxylic acid groups (broad SMARTS) is 1. The first-order chi connectivity index (χ1) is 46.6. The maximum Gasteiger partial charge on any atom is 0.361 e. The van der Waals surface area contributed by atoms with E-state index in [-0.39, 0.29) is 38.6 Å². The van der Waals surface area contributed by atoms with Gasteiger partial charge in [0.15, 0.2) is 6.10 Å². The first-order valence-electron chi connectivity index (χ1n) is 37.2. The van der Waals surface area contributed by atoms with Crippen molar-refractivity contribution in [3.05, 3.63) is 207 Å². The van der Waals surface area contributed by atoms with Gasteiger partial charge >= 0.3 is 17.9 Å². The van der Waals surface area contributed by atoms with Gasteiger partial charge in [0.2, 0.25) is 0 Å². The lowest BCUT2D eigenvalue weighted by atomic mass is 10.0. The van der Waals surface area contributed by atoms with E-state index in [1.54, 1.807) is 0 Å². The Morgan fingerprint density at radius 1 is 0.316 bits per heavy atom. The molecular weight excluding hydrogens is 1170 g/mol. The quantitative estimate of drug-likeness (QED) is 0.0211. The topological polar surface area (TPSA) is 108 Å². The van der Waals surface area contributed by atoms with E-state index in [1.807, 2.05) is 21.1 Å². The smallest absolute Gasteiger partial charge is 0.361 e. The molecule has 0 saturated heterocycles. The summed E-state index contributed by atoms with van der Waals surface area (Å²) in [6, 6.07) is 0. The molecule has 0 bridgehead atoms. The number of unbranched alkanes of at least 4 members (excludes halogenated alkanes) is 17. The highest BCUT2D eigenvalue weighted by Crippen LogP contribution is 2.16. The van der Waals surface area contributed by atoms with Gasteiger partial charge in [-0.15, -0.1) is 0 Å². The summed E-state index contributed by atoms with van der Waals surface area (Å²) in [5, 5.41) is 9.76. The number of nitrogens with zero attached hydrogens (tertiary/aromatic N) is 1. The molecule has 0 saturated carbocycles. The fourth-order valence-electron chi connectivity index (χ4n) is 9.43. The molecule has 0 spiro atoms. The summed E-state index contributed by atoms with van der Waals surface area (Å²) in [5.74, 6) is -2.06. The van der Waals surface area contributed by atoms with Crippen LogP contribution in [0.4, 0.5) is 0 Å². The Bertz CT molecular complexity index is 2320. The van der Waals surface area contributed by atoms with Crippen LogP contribution in [0, 0.1) is 0 Å². The van der Waals surface area contributed by atoms with Crippen LogP contribution in [0.5, 0.6) is 0 Å². The van der Waals surface area contributed by atoms with Gasteiger partial charge in [0.1, 0.15) is 13.2 Å². The zero-order chi connectivity index (χ0) is 69.0. The average molecular weight is 1310 g/mol. The van der Waals surface area contributed by atoms with E-state index >= 15 is 0 Å². The molecule has 9 heteroatoms. The molecule has 0 aromatic heterocycles. The summed E-state index contributed by atoms with van der Waals surface area (Å²) in [6.45, 7) is 4.60. The van der Waals surface area contributed by atoms with Crippen molar-refractivity contribution in [2.24, 2.45) is 0 Å². The van der Waals surface area contributed by atoms with Crippen molar-refractivity contribution in [2.75, 3.05) is 47.5 Å². The standard InChI is InChI=1S/C86H135NO8/c1-6-8-10-12-14-16-18-20-22-24-26-28-30-32-34-36-37-38-39-40-41-42-43-44-45-46-47-49-51-53-55-57-59-61-63-65-67-69-71-73-75-77-84(89)95-82(81-94-86(85(90)91)92-79-78-87(3,4)5)80-93-83(88)76-74-72-70-68-66-64-62-60-58-56-54-52-50-48-35-33-31-29-27-25-23-21-19-17-15-13-11-9-7-2/h8-11,14-17,20-23,26-29,32-35,37-38,40-41,43-44,46-47,51,53,57,59,63,65,82,86H,6-7,12-13,18-19,24-25,30-31,36,39,42,45,48-50,52,54-56,58,60-62,64,66-81H2,1-5H3/p+1/b10-8-,11-9-,16-14-,17-15-,22-20-,23-21-,28-26-,29-27-,34-32-,35-33-,38-37-,41-40-,44-43-,47-46-,53-51-,59-57-,65-63-. The fraction of sp³-hybridized carbons (Fsp3) is 0.570. The third-order valence-corrected chi connectivity index (χ3v) is 15.0. The fourth-order valence-corrected chi connectivity index (χ4v) is 9.43. The van der Waals surface area contributed by atoms with Crippen molar-refractivity contribution in [3.8, 4) is 0 Å². The molecule has 0 heterocycles. The number of hydrogen-bond acceptors (Lipinski definition) is 7. The first kappa shape index (κ1) is 88.9. The first-order valence-corrected chi connectivity index (χ1v) is 37.2. The number of allylic oxidation sites excluding steroid dienone is 34. The number of aliphatic carboxylic acids is 1. The van der Waals surface area contributed by atoms with E-state index in [2.05, 4.69) is 220 Å². The van der Waals surface area contributed by atoms with E-state index in [0.29, 0.717) is 17.4 Å². The van der Waals surface area contributed by atoms with Crippen LogP contribution in [-0.2, 0) is 33.3 Å². The Kier molecular flexibility index (Phi) is 68.9. The minimum absolute atomic E-state index is 0.171. The van der Waals surface area contributed by atoms with Gasteiger partial charge in [-0.05, 0) is 148 Å². The monoisotopic (exact) mass is 1310 g/mol. The number of carboxylic acids is 1. The number of carbonyl (C=O) groups excluding carboxylic acids is 2. The molecule has 0 radical (unpaired) electrons. The van der Waals surface area contributed by atoms with Crippen LogP contribution in [0.25, 0.3) is 0 Å². The molecule has 0 aliphatic carbocycles. The number of carbonyl (C=O) groups is 3. The molecule has 0 rings (SSSR count). The van der Waals surface area contributed by atoms with Crippen molar-refractivity contribution in [3.63, 3.8) is 0 Å². The summed E-state index contributed by atoms with van der Waals surface area (Å²) >= 11 is 0. The Morgan fingerprint density at radius 3 is 0.842 bits per heavy atom. The highest BCUT2D eigenvalue weighted by molar-refractivity contribution is 5.71. The van der Waals surface area contributed by atoms with E-state index in [1.165, 1.54) is 70.6 Å². The minimum Gasteiger partial charge on any atom is -0.477 e. The Hall–Kier alpha value is -6.13. The van der Waals surface area contributed by atoms with Crippen molar-refractivity contribution in [2.45, 2.75) is 270 Å². The SMILES string of the molecule is CC/C=C\C/C=C\C/C=C\C/C=C\C/C=C\C/C=C\C/C=C\C/C=C\C/C=C\C/C=C\C/C=C\C/C=C\CCCCCCC(=O)OC(COC(=O)CCCCCCCCCCCCCCC/C=C\C/C=C\C/C=C\C/C=C\C/C=C\CC)COC(OCC[N+](C)(C)C)C(=O)O. The van der Waals surface area contributed by atoms with Crippen LogP contribution < -0.4 is 0 Å². The van der Waals surface area contributed by atoms with Crippen molar-refractivity contribution >= 4 is 17.9 Å². The molecule has 1 N–H and O–H groups in total. The molecule has 0 fully saturated rings. The summed E-state index contributed by atoms with van der Waals surface area (Å²) in [7, 11) is 5.95. The molecule has 9 nitrogen and oxygen atoms in total. The second kappa shape index (κ2) is 73.7. The van der Waals surface area contributed by atoms with Crippen LogP contribution in [0.15, 0.2) is 207 Å². The number of ether oxygens (including phenoxy) is 4. The number of quaternary nitrogens is 1. The molecular formula is C86H136NO8+. The van der Waals surface area contributed by atoms with Crippen molar-refractivity contribution in [1.29, 1.82) is 0 Å². The van der Waals surface area contributed by atoms with Gasteiger partial charge in [0.05, 0.1) is 34.4 Å². The second-order valence-corrected chi connectivity index (χ2v) is 25.1. The predicted octanol–water partition coefficient (Wildman–Crippen LogP) is 23.9. The Labute approximate surface area is 582 Å². The lowest BCUT2D eigenvalue weighted by Crippen LogP contribution is -2.40. The van der Waals surface area contributed by atoms with Gasteiger partial charge in [0.25, 0.3) is 6.29 Å². The second-order valence-electron chi connectivity index (χ2n) is 25.1. The molecule has 2 atom stereocenters. The van der Waals surface area contributed by atoms with Crippen LogP contribution in [0.3, 0.4) is 0 Å². The number of likely N-dealkylation sites (N-methyl/N-ethyl adjacent to an activating group) is 1. The van der Waals surface area contributed by atoms with Gasteiger partial charge in [-0.2, -0.15) is 0 Å². The van der Waals surface area contributed by atoms with E-state index in [0.717, 1.165) is 154 Å². The van der Waals surface area contributed by atoms with Crippen LogP contribution >= 0.6 is 0 Å². The molecule has 532 valence electrons. The van der Waals surface area contributed by atoms with Gasteiger partial charge in [-0.25, -0.2) is 4.79 Å². The Balaban J connectivity index is 4.23. The minimum atomic E-state index is -1.53. The zero-order valence-corrected chi connectivity index (χ0v) is 60.7. The Morgan fingerprint density at radius 2 is 0.568 bits per heavy atom. The summed E-state index contributed by atoms with van der Waals surface area (Å²) in [5.41, 5.74) is 0. The highest BCUT2D eigenvalue weighted by Gasteiger charge is 2.25. The zero-order valence-electron chi connectivity index (χ0n) is 60.7. The number of rotatable bonds is 66. The van der Waals surface area contributed by atoms with Gasteiger partial charge < -0.3 is 28.5 Å². The third-order valence-electron chi connectivity index (χ3n) is 15.0. The van der Waals surface area contributed by atoms with E-state index < -0.39 is 24.3 Å². The predicted molar refractivity (Wildman–Crippen MR) is 409 cm³/mol. The van der Waals surface area contributed by atoms with Crippen molar-refractivity contribution in [1.82, 2.24) is 0 Å². The summed E-state index contributed by atoms with van der Waals surface area (Å²) in [6.07, 6.45) is 112. The van der Waals surface area contributed by atoms with Gasteiger partial charge in [-0.1, -0.05) is 304 Å². The number of hydrogen-bond donors (Lipinski definition) is 1. The lowest BCUT2D eigenvalue weighted by molar-refractivity contribution is -0.870. The molecule has 0 aliphatic heterocycles. The van der Waals surface area contributed by atoms with Crippen molar-refractivity contribution < 1.29 is 42.9 Å². The summed E-state index contributed by atoms with van der Waals surface area (Å²) < 4.78 is 22.9. The van der Waals surface area contributed by atoms with Crippen LogP contribution in [0.1, 0.15) is 258 Å². The summed E-state index contributed by atoms with van der Waals surface area (Å²) in [4.78, 5) is 37.7. The third kappa shape index (κ3) is 75.1. The van der Waals surface area contributed by atoms with Gasteiger partial charge in [-0.3, -0.25) is 9.59 Å².